The lowest BCUT2D eigenvalue weighted by atomic mass is 10.3. The van der Waals surface area contributed by atoms with Crippen molar-refractivity contribution in [3.63, 3.8) is 0 Å². The van der Waals surface area contributed by atoms with Crippen LogP contribution in [0.2, 0.25) is 0 Å². The maximum absolute atomic E-state index is 12.5. The Balaban J connectivity index is 2.08. The molecule has 1 fully saturated rings. The van der Waals surface area contributed by atoms with Crippen LogP contribution in [0.1, 0.15) is 13.8 Å². The molecular formula is C17H20N4O6. The van der Waals surface area contributed by atoms with Crippen LogP contribution in [0.4, 0.5) is 10.5 Å². The third kappa shape index (κ3) is 4.22. The molecule has 0 unspecified atom stereocenters. The summed E-state index contributed by atoms with van der Waals surface area (Å²) in [6.45, 7) is 2.92. The molecule has 0 aromatic heterocycles. The average Bonchev–Trinajstić information content (AvgIpc) is 2.85. The maximum Gasteiger partial charge on any atom is 0.339 e. The molecule has 0 spiro atoms. The van der Waals surface area contributed by atoms with Crippen LogP contribution < -0.4 is 20.3 Å². The number of ether oxygens (including phenoxy) is 1. The third-order valence-corrected chi connectivity index (χ3v) is 3.81. The molecule has 6 amide bonds. The molecule has 27 heavy (non-hydrogen) atoms. The minimum Gasteiger partial charge on any atom is -0.497 e. The van der Waals surface area contributed by atoms with Crippen molar-refractivity contribution in [1.29, 1.82) is 0 Å². The Morgan fingerprint density at radius 2 is 1.74 bits per heavy atom. The number of nitrogens with zero attached hydrogens (tertiary/aromatic N) is 2. The van der Waals surface area contributed by atoms with Crippen LogP contribution in [-0.4, -0.2) is 60.8 Å². The van der Waals surface area contributed by atoms with Gasteiger partial charge in [0.1, 0.15) is 18.3 Å². The van der Waals surface area contributed by atoms with E-state index in [0.717, 1.165) is 0 Å². The number of anilines is 1. The number of amides is 6. The van der Waals surface area contributed by atoms with Crippen LogP contribution in [0.15, 0.2) is 24.3 Å². The number of likely N-dealkylation sites (N-methyl/N-ethyl adjacent to an activating group) is 1. The molecule has 2 N–H and O–H groups in total. The van der Waals surface area contributed by atoms with E-state index in [1.165, 1.54) is 38.3 Å². The number of hydrogen-bond donors (Lipinski definition) is 2. The topological polar surface area (TPSA) is 125 Å². The number of nitrogens with one attached hydrogen (secondary N) is 2. The van der Waals surface area contributed by atoms with E-state index in [0.29, 0.717) is 22.1 Å². The maximum atomic E-state index is 12.5. The molecule has 10 nitrogen and oxygen atoms in total. The Labute approximate surface area is 155 Å². The minimum absolute atomic E-state index is 0.178. The minimum atomic E-state index is -1.11. The van der Waals surface area contributed by atoms with Crippen LogP contribution in [-0.2, 0) is 19.2 Å². The molecule has 0 aliphatic carbocycles. The lowest BCUT2D eigenvalue weighted by Crippen LogP contribution is -2.49. The van der Waals surface area contributed by atoms with E-state index in [4.69, 9.17) is 4.74 Å². The lowest BCUT2D eigenvalue weighted by Gasteiger charge is -2.17. The fourth-order valence-electron chi connectivity index (χ4n) is 2.43. The van der Waals surface area contributed by atoms with Crippen molar-refractivity contribution in [1.82, 2.24) is 15.5 Å². The van der Waals surface area contributed by atoms with Gasteiger partial charge in [0, 0.05) is 6.54 Å². The van der Waals surface area contributed by atoms with Gasteiger partial charge < -0.3 is 15.4 Å². The summed E-state index contributed by atoms with van der Waals surface area (Å²) in [5.74, 6) is -2.80. The van der Waals surface area contributed by atoms with Gasteiger partial charge in [-0.05, 0) is 38.1 Å². The second-order valence-corrected chi connectivity index (χ2v) is 5.70. The summed E-state index contributed by atoms with van der Waals surface area (Å²) in [6.07, 6.45) is 0. The van der Waals surface area contributed by atoms with Gasteiger partial charge in [0.25, 0.3) is 0 Å². The number of carbonyl (C=O) groups is 5. The van der Waals surface area contributed by atoms with Gasteiger partial charge >= 0.3 is 17.8 Å². The standard InChI is InChI=1S/C17H20N4O6/c1-4-18-14(23)10(2)19-13(22)9-20-15(24)16(25)21(17(20)26)11-5-7-12(27-3)8-6-11/h5-8,10H,4,9H2,1-3H3,(H,18,23)(H,19,22)/t10-/m1/s1. The first-order valence-corrected chi connectivity index (χ1v) is 8.21. The van der Waals surface area contributed by atoms with Crippen LogP contribution in [0.5, 0.6) is 5.75 Å². The second-order valence-electron chi connectivity index (χ2n) is 5.70. The fourth-order valence-corrected chi connectivity index (χ4v) is 2.43. The van der Waals surface area contributed by atoms with Gasteiger partial charge in [-0.1, -0.05) is 0 Å². The first-order valence-electron chi connectivity index (χ1n) is 8.21. The van der Waals surface area contributed by atoms with Gasteiger partial charge in [-0.15, -0.1) is 0 Å². The molecule has 2 rings (SSSR count). The van der Waals surface area contributed by atoms with Gasteiger partial charge in [-0.2, -0.15) is 0 Å². The first-order chi connectivity index (χ1) is 12.8. The summed E-state index contributed by atoms with van der Waals surface area (Å²) in [4.78, 5) is 61.6. The Kier molecular flexibility index (Phi) is 6.11. The molecule has 1 aromatic rings. The van der Waals surface area contributed by atoms with Crippen molar-refractivity contribution in [3.05, 3.63) is 24.3 Å². The van der Waals surface area contributed by atoms with E-state index in [9.17, 15) is 24.0 Å². The summed E-state index contributed by atoms with van der Waals surface area (Å²) < 4.78 is 5.00. The zero-order chi connectivity index (χ0) is 20.1. The quantitative estimate of drug-likeness (QED) is 0.494. The van der Waals surface area contributed by atoms with E-state index in [-0.39, 0.29) is 5.69 Å². The number of hydrogen-bond acceptors (Lipinski definition) is 6. The largest absolute Gasteiger partial charge is 0.497 e. The first kappa shape index (κ1) is 19.9. The summed E-state index contributed by atoms with van der Waals surface area (Å²) in [5.41, 5.74) is 0.178. The van der Waals surface area contributed by atoms with E-state index < -0.39 is 42.2 Å². The van der Waals surface area contributed by atoms with Crippen molar-refractivity contribution in [2.75, 3.05) is 25.1 Å². The van der Waals surface area contributed by atoms with Crippen LogP contribution in [0.3, 0.4) is 0 Å². The summed E-state index contributed by atoms with van der Waals surface area (Å²) in [5, 5.41) is 4.91. The van der Waals surface area contributed by atoms with Gasteiger partial charge in [0.2, 0.25) is 11.8 Å². The number of rotatable bonds is 7. The molecule has 10 heteroatoms. The smallest absolute Gasteiger partial charge is 0.339 e. The molecule has 0 saturated carbocycles. The van der Waals surface area contributed by atoms with Crippen molar-refractivity contribution >= 4 is 35.3 Å². The highest BCUT2D eigenvalue weighted by atomic mass is 16.5. The number of carbonyl (C=O) groups excluding carboxylic acids is 5. The van der Waals surface area contributed by atoms with Crippen molar-refractivity contribution in [2.45, 2.75) is 19.9 Å². The number of imide groups is 2. The highest BCUT2D eigenvalue weighted by Gasteiger charge is 2.46. The Morgan fingerprint density at radius 3 is 2.30 bits per heavy atom. The molecule has 1 aliphatic heterocycles. The Hall–Kier alpha value is -3.43. The summed E-state index contributed by atoms with van der Waals surface area (Å²) >= 11 is 0. The zero-order valence-electron chi connectivity index (χ0n) is 15.1. The molecule has 0 radical (unpaired) electrons. The molecule has 0 bridgehead atoms. The third-order valence-electron chi connectivity index (χ3n) is 3.81. The van der Waals surface area contributed by atoms with Crippen molar-refractivity contribution < 1.29 is 28.7 Å². The molecule has 1 atom stereocenters. The monoisotopic (exact) mass is 376 g/mol. The summed E-state index contributed by atoms with van der Waals surface area (Å²) in [7, 11) is 1.47. The van der Waals surface area contributed by atoms with E-state index >= 15 is 0 Å². The van der Waals surface area contributed by atoms with Crippen LogP contribution in [0, 0.1) is 0 Å². The second kappa shape index (κ2) is 8.30. The van der Waals surface area contributed by atoms with Crippen molar-refractivity contribution in [3.8, 4) is 5.75 Å². The average molecular weight is 376 g/mol. The summed E-state index contributed by atoms with van der Waals surface area (Å²) in [6, 6.07) is 4.17. The molecule has 144 valence electrons. The number of urea groups is 1. The normalized spacial score (nSPS) is 15.0. The molecular weight excluding hydrogens is 356 g/mol. The van der Waals surface area contributed by atoms with Gasteiger partial charge in [0.05, 0.1) is 12.8 Å². The molecule has 1 aromatic carbocycles. The highest BCUT2D eigenvalue weighted by Crippen LogP contribution is 2.24. The predicted octanol–water partition coefficient (Wildman–Crippen LogP) is -0.369. The number of methoxy groups -OCH3 is 1. The van der Waals surface area contributed by atoms with E-state index in [2.05, 4.69) is 10.6 Å². The molecule has 1 heterocycles. The van der Waals surface area contributed by atoms with Gasteiger partial charge in [-0.25, -0.2) is 14.6 Å². The van der Waals surface area contributed by atoms with E-state index in [1.807, 2.05) is 0 Å². The SMILES string of the molecule is CCNC(=O)[C@@H](C)NC(=O)CN1C(=O)C(=O)N(c2ccc(OC)cc2)C1=O. The molecule has 1 aliphatic rings. The van der Waals surface area contributed by atoms with Gasteiger partial charge in [-0.3, -0.25) is 19.2 Å². The molecule has 1 saturated heterocycles. The highest BCUT2D eigenvalue weighted by molar-refractivity contribution is 6.53. The van der Waals surface area contributed by atoms with Crippen LogP contribution in [0.25, 0.3) is 0 Å². The predicted molar refractivity (Wildman–Crippen MR) is 93.9 cm³/mol. The Bertz CT molecular complexity index is 776. The number of benzene rings is 1. The van der Waals surface area contributed by atoms with E-state index in [1.54, 1.807) is 6.92 Å². The lowest BCUT2D eigenvalue weighted by molar-refractivity contribution is -0.140. The Morgan fingerprint density at radius 1 is 1.11 bits per heavy atom. The zero-order valence-corrected chi connectivity index (χ0v) is 15.1. The van der Waals surface area contributed by atoms with Crippen LogP contribution >= 0.6 is 0 Å². The van der Waals surface area contributed by atoms with Crippen molar-refractivity contribution in [2.24, 2.45) is 0 Å². The van der Waals surface area contributed by atoms with Gasteiger partial charge in [0.15, 0.2) is 0 Å². The fraction of sp³-hybridized carbons (Fsp3) is 0.353.